The van der Waals surface area contributed by atoms with Gasteiger partial charge in [-0.2, -0.15) is 0 Å². The normalized spacial score (nSPS) is 13.4. The molecule has 0 radical (unpaired) electrons. The third-order valence-corrected chi connectivity index (χ3v) is 5.04. The van der Waals surface area contributed by atoms with Crippen LogP contribution < -0.4 is 14.2 Å². The highest BCUT2D eigenvalue weighted by molar-refractivity contribution is 7.92. The summed E-state index contributed by atoms with van der Waals surface area (Å²) >= 11 is 0. The average molecular weight is 349 g/mol. The second-order valence-corrected chi connectivity index (χ2v) is 6.90. The van der Waals surface area contributed by atoms with Crippen molar-refractivity contribution in [3.8, 4) is 11.5 Å². The number of aromatic carboxylic acids is 1. The van der Waals surface area contributed by atoms with E-state index in [2.05, 4.69) is 4.72 Å². The topological polar surface area (TPSA) is 102 Å². The van der Waals surface area contributed by atoms with Crippen LogP contribution in [0.5, 0.6) is 11.5 Å². The third kappa shape index (κ3) is 3.13. The molecule has 24 heavy (non-hydrogen) atoms. The summed E-state index contributed by atoms with van der Waals surface area (Å²) in [5.74, 6) is -0.184. The highest BCUT2D eigenvalue weighted by atomic mass is 32.2. The molecule has 1 aliphatic rings. The number of sulfonamides is 1. The lowest BCUT2D eigenvalue weighted by molar-refractivity contribution is 0.0696. The van der Waals surface area contributed by atoms with Crippen LogP contribution in [0.1, 0.15) is 15.9 Å². The summed E-state index contributed by atoms with van der Waals surface area (Å²) < 4.78 is 38.4. The van der Waals surface area contributed by atoms with Crippen LogP contribution in [0.15, 0.2) is 41.3 Å². The maximum absolute atomic E-state index is 12.6. The number of hydrogen-bond donors (Lipinski definition) is 2. The van der Waals surface area contributed by atoms with Gasteiger partial charge in [0.15, 0.2) is 11.5 Å². The number of anilines is 1. The van der Waals surface area contributed by atoms with Crippen LogP contribution in [-0.4, -0.2) is 32.7 Å². The number of hydrogen-bond acceptors (Lipinski definition) is 5. The minimum atomic E-state index is -3.94. The van der Waals surface area contributed by atoms with Gasteiger partial charge >= 0.3 is 5.97 Å². The van der Waals surface area contributed by atoms with Crippen LogP contribution >= 0.6 is 0 Å². The fourth-order valence-corrected chi connectivity index (χ4v) is 3.66. The van der Waals surface area contributed by atoms with Crippen LogP contribution in [0, 0.1) is 6.92 Å². The Kier molecular flexibility index (Phi) is 4.06. The maximum atomic E-state index is 12.6. The predicted octanol–water partition coefficient (Wildman–Crippen LogP) is 2.27. The third-order valence-electron chi connectivity index (χ3n) is 3.52. The molecular formula is C16H15NO6S. The van der Waals surface area contributed by atoms with E-state index in [1.807, 2.05) is 0 Å². The molecule has 0 saturated heterocycles. The van der Waals surface area contributed by atoms with Gasteiger partial charge in [-0.15, -0.1) is 0 Å². The molecule has 0 fully saturated rings. The summed E-state index contributed by atoms with van der Waals surface area (Å²) in [6, 6.07) is 8.66. The van der Waals surface area contributed by atoms with E-state index in [-0.39, 0.29) is 10.5 Å². The van der Waals surface area contributed by atoms with Gasteiger partial charge in [-0.25, -0.2) is 13.2 Å². The van der Waals surface area contributed by atoms with Crippen molar-refractivity contribution in [2.45, 2.75) is 11.8 Å². The summed E-state index contributed by atoms with van der Waals surface area (Å²) in [5, 5.41) is 9.04. The molecule has 8 heteroatoms. The minimum Gasteiger partial charge on any atom is -0.486 e. The first kappa shape index (κ1) is 16.1. The highest BCUT2D eigenvalue weighted by Crippen LogP contribution is 2.33. The second kappa shape index (κ2) is 6.04. The van der Waals surface area contributed by atoms with Crippen LogP contribution in [0.4, 0.5) is 5.69 Å². The number of fused-ring (bicyclic) bond motifs is 1. The van der Waals surface area contributed by atoms with Crippen LogP contribution in [0.3, 0.4) is 0 Å². The summed E-state index contributed by atoms with van der Waals surface area (Å²) in [4.78, 5) is 11.0. The Hall–Kier alpha value is -2.74. The van der Waals surface area contributed by atoms with Crippen LogP contribution in [0.2, 0.25) is 0 Å². The Morgan fingerprint density at radius 3 is 2.50 bits per heavy atom. The summed E-state index contributed by atoms with van der Waals surface area (Å²) in [6.45, 7) is 2.44. The molecule has 0 unspecified atom stereocenters. The number of aryl methyl sites for hydroxylation is 1. The lowest BCUT2D eigenvalue weighted by Crippen LogP contribution is -2.17. The van der Waals surface area contributed by atoms with Gasteiger partial charge < -0.3 is 14.6 Å². The Balaban J connectivity index is 1.94. The molecule has 2 N–H and O–H groups in total. The van der Waals surface area contributed by atoms with Gasteiger partial charge in [0.1, 0.15) is 13.2 Å². The standard InChI is InChI=1S/C16H15NO6S/c1-10-2-3-11(16(18)19)8-15(10)24(20,21)17-12-4-5-13-14(9-12)23-7-6-22-13/h2-5,8-9,17H,6-7H2,1H3,(H,18,19). The van der Waals surface area contributed by atoms with E-state index in [1.54, 1.807) is 19.1 Å². The number of carboxylic acid groups (broad SMARTS) is 1. The van der Waals surface area contributed by atoms with E-state index >= 15 is 0 Å². The van der Waals surface area contributed by atoms with E-state index < -0.39 is 16.0 Å². The van der Waals surface area contributed by atoms with E-state index in [4.69, 9.17) is 14.6 Å². The quantitative estimate of drug-likeness (QED) is 0.878. The SMILES string of the molecule is Cc1ccc(C(=O)O)cc1S(=O)(=O)Nc1ccc2c(c1)OCCO2. The van der Waals surface area contributed by atoms with Gasteiger partial charge in [0.2, 0.25) is 0 Å². The molecule has 2 aromatic rings. The zero-order valence-electron chi connectivity index (χ0n) is 12.8. The number of carboxylic acids is 1. The monoisotopic (exact) mass is 349 g/mol. The molecule has 0 saturated carbocycles. The second-order valence-electron chi connectivity index (χ2n) is 5.25. The summed E-state index contributed by atoms with van der Waals surface area (Å²) in [7, 11) is -3.94. The number of benzene rings is 2. The van der Waals surface area contributed by atoms with Crippen molar-refractivity contribution in [3.05, 3.63) is 47.5 Å². The smallest absolute Gasteiger partial charge is 0.335 e. The van der Waals surface area contributed by atoms with Crippen molar-refractivity contribution >= 4 is 21.7 Å². The van der Waals surface area contributed by atoms with Gasteiger partial charge in [0.05, 0.1) is 16.1 Å². The first-order chi connectivity index (χ1) is 11.4. The van der Waals surface area contributed by atoms with Gasteiger partial charge in [-0.05, 0) is 36.8 Å². The molecular weight excluding hydrogens is 334 g/mol. The molecule has 1 aliphatic heterocycles. The summed E-state index contributed by atoms with van der Waals surface area (Å²) in [5.41, 5.74) is 0.660. The average Bonchev–Trinajstić information content (AvgIpc) is 2.54. The van der Waals surface area contributed by atoms with Crippen molar-refractivity contribution in [2.24, 2.45) is 0 Å². The molecule has 0 atom stereocenters. The Morgan fingerprint density at radius 2 is 1.79 bits per heavy atom. The maximum Gasteiger partial charge on any atom is 0.335 e. The number of carbonyl (C=O) groups is 1. The first-order valence-corrected chi connectivity index (χ1v) is 8.61. The molecule has 0 spiro atoms. The highest BCUT2D eigenvalue weighted by Gasteiger charge is 2.20. The first-order valence-electron chi connectivity index (χ1n) is 7.13. The van der Waals surface area contributed by atoms with Crippen molar-refractivity contribution in [1.29, 1.82) is 0 Å². The Morgan fingerprint density at radius 1 is 1.08 bits per heavy atom. The van der Waals surface area contributed by atoms with Crippen molar-refractivity contribution in [3.63, 3.8) is 0 Å². The van der Waals surface area contributed by atoms with Gasteiger partial charge in [0, 0.05) is 6.07 Å². The molecule has 2 aromatic carbocycles. The zero-order valence-corrected chi connectivity index (χ0v) is 13.6. The minimum absolute atomic E-state index is 0.0858. The molecule has 0 aromatic heterocycles. The molecule has 0 aliphatic carbocycles. The van der Waals surface area contributed by atoms with E-state index in [9.17, 15) is 13.2 Å². The summed E-state index contributed by atoms with van der Waals surface area (Å²) in [6.07, 6.45) is 0. The lowest BCUT2D eigenvalue weighted by atomic mass is 10.1. The fourth-order valence-electron chi connectivity index (χ4n) is 2.34. The zero-order chi connectivity index (χ0) is 17.3. The molecule has 0 bridgehead atoms. The molecule has 126 valence electrons. The van der Waals surface area contributed by atoms with Crippen molar-refractivity contribution < 1.29 is 27.8 Å². The Bertz CT molecular complexity index is 907. The van der Waals surface area contributed by atoms with Crippen LogP contribution in [-0.2, 0) is 10.0 Å². The molecule has 7 nitrogen and oxygen atoms in total. The Labute approximate surface area is 138 Å². The van der Waals surface area contributed by atoms with Gasteiger partial charge in [0.25, 0.3) is 10.0 Å². The van der Waals surface area contributed by atoms with Crippen LogP contribution in [0.25, 0.3) is 0 Å². The molecule has 1 heterocycles. The van der Waals surface area contributed by atoms with E-state index in [0.717, 1.165) is 6.07 Å². The van der Waals surface area contributed by atoms with E-state index in [1.165, 1.54) is 18.2 Å². The fraction of sp³-hybridized carbons (Fsp3) is 0.188. The number of rotatable bonds is 4. The van der Waals surface area contributed by atoms with Crippen molar-refractivity contribution in [2.75, 3.05) is 17.9 Å². The predicted molar refractivity (Wildman–Crippen MR) is 86.4 cm³/mol. The van der Waals surface area contributed by atoms with Gasteiger partial charge in [-0.1, -0.05) is 6.07 Å². The number of ether oxygens (including phenoxy) is 2. The largest absolute Gasteiger partial charge is 0.486 e. The van der Waals surface area contributed by atoms with Crippen molar-refractivity contribution in [1.82, 2.24) is 0 Å². The molecule has 3 rings (SSSR count). The van der Waals surface area contributed by atoms with Gasteiger partial charge in [-0.3, -0.25) is 4.72 Å². The number of nitrogens with one attached hydrogen (secondary N) is 1. The molecule has 0 amide bonds. The lowest BCUT2D eigenvalue weighted by Gasteiger charge is -2.19. The van der Waals surface area contributed by atoms with E-state index in [0.29, 0.717) is 36.0 Å².